The third kappa shape index (κ3) is 4.76. The number of carbonyl (C=O) groups excluding carboxylic acids is 1. The Morgan fingerprint density at radius 1 is 1.21 bits per heavy atom. The summed E-state index contributed by atoms with van der Waals surface area (Å²) in [5.41, 5.74) is 2.05. The van der Waals surface area contributed by atoms with E-state index in [1.54, 1.807) is 0 Å². The molecule has 1 N–H and O–H groups in total. The lowest BCUT2D eigenvalue weighted by Gasteiger charge is -2.37. The van der Waals surface area contributed by atoms with Gasteiger partial charge in [-0.1, -0.05) is 18.2 Å². The van der Waals surface area contributed by atoms with Crippen LogP contribution in [0.15, 0.2) is 24.3 Å². The first kappa shape index (κ1) is 16.4. The molecule has 2 rings (SSSR count). The van der Waals surface area contributed by atoms with Gasteiger partial charge in [0.05, 0.1) is 20.1 Å². The number of rotatable bonds is 3. The maximum Gasteiger partial charge on any atom is 0.279 e. The second-order valence-corrected chi connectivity index (χ2v) is 5.65. The smallest absolute Gasteiger partial charge is 0.279 e. The first-order valence-corrected chi connectivity index (χ1v) is 6.78. The molecule has 0 spiro atoms. The molecule has 19 heavy (non-hydrogen) atoms. The van der Waals surface area contributed by atoms with Crippen LogP contribution in [0.3, 0.4) is 0 Å². The number of halogens is 1. The standard InChI is InChI=1S/C15H22N2O.HI/c1-13-8-4-5-9-14(13)16-15(18)12-17(2)10-6-3-7-11-17;/h4-5,8-9H,3,6-7,10-12H2,1-2H3;1H. The first-order chi connectivity index (χ1) is 8.59. The molecule has 1 aliphatic heterocycles. The summed E-state index contributed by atoms with van der Waals surface area (Å²) in [6, 6.07) is 7.93. The van der Waals surface area contributed by atoms with Crippen molar-refractivity contribution in [1.82, 2.24) is 0 Å². The first-order valence-electron chi connectivity index (χ1n) is 6.78. The van der Waals surface area contributed by atoms with E-state index in [9.17, 15) is 4.79 Å². The summed E-state index contributed by atoms with van der Waals surface area (Å²) in [5, 5.41) is 3.03. The molecule has 1 heterocycles. The van der Waals surface area contributed by atoms with Crippen molar-refractivity contribution in [2.75, 3.05) is 32.0 Å². The Kier molecular flexibility index (Phi) is 6.26. The fraction of sp³-hybridized carbons (Fsp3) is 0.533. The number of hydrogen-bond donors (Lipinski definition) is 1. The van der Waals surface area contributed by atoms with E-state index in [4.69, 9.17) is 0 Å². The summed E-state index contributed by atoms with van der Waals surface area (Å²) < 4.78 is 0.887. The number of nitrogens with one attached hydrogen (secondary N) is 1. The summed E-state index contributed by atoms with van der Waals surface area (Å²) in [7, 11) is 2.19. The van der Waals surface area contributed by atoms with Crippen LogP contribution in [0.1, 0.15) is 24.8 Å². The van der Waals surface area contributed by atoms with E-state index >= 15 is 0 Å². The lowest BCUT2D eigenvalue weighted by Crippen LogP contribution is -3.00. The fourth-order valence-electron chi connectivity index (χ4n) is 2.68. The average molecular weight is 374 g/mol. The molecule has 1 aromatic rings. The largest absolute Gasteiger partial charge is 1.00 e. The van der Waals surface area contributed by atoms with Gasteiger partial charge >= 0.3 is 0 Å². The van der Waals surface area contributed by atoms with E-state index in [-0.39, 0.29) is 29.9 Å². The number of carbonyl (C=O) groups is 1. The summed E-state index contributed by atoms with van der Waals surface area (Å²) in [4.78, 5) is 12.1. The molecule has 0 aliphatic carbocycles. The highest BCUT2D eigenvalue weighted by atomic mass is 127. The minimum absolute atomic E-state index is 0. The van der Waals surface area contributed by atoms with Crippen LogP contribution in [0.5, 0.6) is 0 Å². The Hall–Kier alpha value is -0.620. The molecule has 0 saturated carbocycles. The van der Waals surface area contributed by atoms with Crippen LogP contribution in [0.4, 0.5) is 5.69 Å². The highest BCUT2D eigenvalue weighted by molar-refractivity contribution is 5.92. The molecule has 0 aromatic heterocycles. The highest BCUT2D eigenvalue weighted by Gasteiger charge is 2.27. The second kappa shape index (κ2) is 7.24. The molecule has 0 atom stereocenters. The Morgan fingerprint density at radius 2 is 1.84 bits per heavy atom. The number of likely N-dealkylation sites (tertiary alicyclic amines) is 1. The van der Waals surface area contributed by atoms with Gasteiger partial charge in [-0.3, -0.25) is 4.79 Å². The zero-order valence-electron chi connectivity index (χ0n) is 11.8. The molecule has 0 unspecified atom stereocenters. The van der Waals surface area contributed by atoms with Gasteiger partial charge < -0.3 is 33.8 Å². The Morgan fingerprint density at radius 3 is 2.47 bits per heavy atom. The van der Waals surface area contributed by atoms with E-state index in [1.807, 2.05) is 31.2 Å². The molecular formula is C15H23IN2O. The third-order valence-corrected chi connectivity index (χ3v) is 3.84. The Bertz CT molecular complexity index is 428. The maximum atomic E-state index is 12.1. The molecule has 1 amide bonds. The van der Waals surface area contributed by atoms with Gasteiger partial charge in [-0.2, -0.15) is 0 Å². The van der Waals surface area contributed by atoms with E-state index in [0.717, 1.165) is 28.8 Å². The van der Waals surface area contributed by atoms with Crippen molar-refractivity contribution < 1.29 is 33.3 Å². The minimum atomic E-state index is 0. The predicted octanol–water partition coefficient (Wildman–Crippen LogP) is -0.432. The number of likely N-dealkylation sites (N-methyl/N-ethyl adjacent to an activating group) is 1. The van der Waals surface area contributed by atoms with Gasteiger partial charge in [-0.15, -0.1) is 0 Å². The SMILES string of the molecule is Cc1ccccc1NC(=O)C[N+]1(C)CCCCC1.[I-]. The predicted molar refractivity (Wildman–Crippen MR) is 74.4 cm³/mol. The van der Waals surface area contributed by atoms with Crippen LogP contribution in [-0.4, -0.2) is 37.1 Å². The molecule has 1 fully saturated rings. The number of anilines is 1. The second-order valence-electron chi connectivity index (χ2n) is 5.65. The van der Waals surface area contributed by atoms with Crippen molar-refractivity contribution in [2.45, 2.75) is 26.2 Å². The van der Waals surface area contributed by atoms with Crippen molar-refractivity contribution in [1.29, 1.82) is 0 Å². The van der Waals surface area contributed by atoms with Gasteiger partial charge in [0.2, 0.25) is 0 Å². The molecule has 1 aromatic carbocycles. The summed E-state index contributed by atoms with van der Waals surface area (Å²) in [5.74, 6) is 0.133. The number of quaternary nitrogens is 1. The molecular weight excluding hydrogens is 351 g/mol. The fourth-order valence-corrected chi connectivity index (χ4v) is 2.68. The van der Waals surface area contributed by atoms with Gasteiger partial charge in [-0.25, -0.2) is 0 Å². The summed E-state index contributed by atoms with van der Waals surface area (Å²) >= 11 is 0. The van der Waals surface area contributed by atoms with Gasteiger partial charge in [-0.05, 0) is 37.8 Å². The van der Waals surface area contributed by atoms with E-state index in [0.29, 0.717) is 6.54 Å². The van der Waals surface area contributed by atoms with E-state index < -0.39 is 0 Å². The zero-order valence-corrected chi connectivity index (χ0v) is 13.9. The lowest BCUT2D eigenvalue weighted by atomic mass is 10.1. The van der Waals surface area contributed by atoms with E-state index in [1.165, 1.54) is 19.3 Å². The molecule has 1 aliphatic rings. The van der Waals surface area contributed by atoms with Gasteiger partial charge in [0.25, 0.3) is 5.91 Å². The van der Waals surface area contributed by atoms with Crippen molar-refractivity contribution in [3.8, 4) is 0 Å². The van der Waals surface area contributed by atoms with Gasteiger partial charge in [0.1, 0.15) is 0 Å². The van der Waals surface area contributed by atoms with Crippen LogP contribution in [-0.2, 0) is 4.79 Å². The third-order valence-electron chi connectivity index (χ3n) is 3.84. The molecule has 0 bridgehead atoms. The van der Waals surface area contributed by atoms with Crippen molar-refractivity contribution >= 4 is 11.6 Å². The molecule has 3 nitrogen and oxygen atoms in total. The summed E-state index contributed by atoms with van der Waals surface area (Å²) in [6.07, 6.45) is 3.80. The average Bonchev–Trinajstić information content (AvgIpc) is 2.32. The number of benzene rings is 1. The van der Waals surface area contributed by atoms with E-state index in [2.05, 4.69) is 12.4 Å². The van der Waals surface area contributed by atoms with Crippen molar-refractivity contribution in [2.24, 2.45) is 0 Å². The highest BCUT2D eigenvalue weighted by Crippen LogP contribution is 2.17. The molecule has 0 radical (unpaired) electrons. The van der Waals surface area contributed by atoms with Crippen LogP contribution >= 0.6 is 0 Å². The molecule has 4 heteroatoms. The van der Waals surface area contributed by atoms with Gasteiger partial charge in [0, 0.05) is 5.69 Å². The number of aryl methyl sites for hydroxylation is 1. The number of hydrogen-bond acceptors (Lipinski definition) is 1. The summed E-state index contributed by atoms with van der Waals surface area (Å²) in [6.45, 7) is 4.86. The Balaban J connectivity index is 0.00000180. The van der Waals surface area contributed by atoms with Crippen LogP contribution in [0.2, 0.25) is 0 Å². The Labute approximate surface area is 133 Å². The quantitative estimate of drug-likeness (QED) is 0.565. The minimum Gasteiger partial charge on any atom is -1.00 e. The van der Waals surface area contributed by atoms with Crippen LogP contribution in [0, 0.1) is 6.92 Å². The molecule has 1 saturated heterocycles. The maximum absolute atomic E-state index is 12.1. The van der Waals surface area contributed by atoms with Gasteiger partial charge in [0.15, 0.2) is 6.54 Å². The monoisotopic (exact) mass is 374 g/mol. The normalized spacial score (nSPS) is 17.4. The lowest BCUT2D eigenvalue weighted by molar-refractivity contribution is -0.906. The number of para-hydroxylation sites is 1. The van der Waals surface area contributed by atoms with Crippen LogP contribution < -0.4 is 29.3 Å². The zero-order chi connectivity index (χ0) is 13.0. The van der Waals surface area contributed by atoms with Crippen LogP contribution in [0.25, 0.3) is 0 Å². The number of piperidine rings is 1. The van der Waals surface area contributed by atoms with Crippen molar-refractivity contribution in [3.05, 3.63) is 29.8 Å². The van der Waals surface area contributed by atoms with Crippen molar-refractivity contribution in [3.63, 3.8) is 0 Å². The number of nitrogens with zero attached hydrogens (tertiary/aromatic N) is 1. The molecule has 106 valence electrons. The topological polar surface area (TPSA) is 29.1 Å². The number of amides is 1.